The maximum atomic E-state index is 12.4. The predicted molar refractivity (Wildman–Crippen MR) is 96.2 cm³/mol. The lowest BCUT2D eigenvalue weighted by atomic mass is 10.00. The SMILES string of the molecule is COc1ccc(NC(=O)N2CC(c3nc(C(C)C)nn3C)C2)c(C)c1. The molecule has 1 saturated heterocycles. The second-order valence-corrected chi connectivity index (χ2v) is 6.82. The summed E-state index contributed by atoms with van der Waals surface area (Å²) in [4.78, 5) is 18.8. The van der Waals surface area contributed by atoms with Gasteiger partial charge in [0.25, 0.3) is 0 Å². The number of anilines is 1. The number of nitrogens with one attached hydrogen (secondary N) is 1. The van der Waals surface area contributed by atoms with E-state index in [0.29, 0.717) is 19.0 Å². The van der Waals surface area contributed by atoms with Crippen LogP contribution in [0.25, 0.3) is 0 Å². The molecule has 1 N–H and O–H groups in total. The quantitative estimate of drug-likeness (QED) is 0.926. The van der Waals surface area contributed by atoms with Crippen LogP contribution in [0.3, 0.4) is 0 Å². The molecule has 7 heteroatoms. The lowest BCUT2D eigenvalue weighted by Gasteiger charge is -2.38. The van der Waals surface area contributed by atoms with E-state index in [4.69, 9.17) is 4.74 Å². The van der Waals surface area contributed by atoms with Crippen molar-refractivity contribution in [3.05, 3.63) is 35.4 Å². The van der Waals surface area contributed by atoms with Crippen LogP contribution in [0.2, 0.25) is 0 Å². The van der Waals surface area contributed by atoms with E-state index in [1.54, 1.807) is 12.0 Å². The first-order valence-electron chi connectivity index (χ1n) is 8.50. The van der Waals surface area contributed by atoms with Crippen molar-refractivity contribution < 1.29 is 9.53 Å². The minimum absolute atomic E-state index is 0.0873. The standard InChI is InChI=1S/C18H25N5O2/c1-11(2)16-20-17(22(4)21-16)13-9-23(10-13)18(24)19-15-7-6-14(25-5)8-12(15)3/h6-8,11,13H,9-10H2,1-5H3,(H,19,24). The van der Waals surface area contributed by atoms with Gasteiger partial charge in [0.1, 0.15) is 11.6 Å². The van der Waals surface area contributed by atoms with Crippen molar-refractivity contribution in [3.63, 3.8) is 0 Å². The van der Waals surface area contributed by atoms with E-state index in [1.165, 1.54) is 0 Å². The Hall–Kier alpha value is -2.57. The minimum Gasteiger partial charge on any atom is -0.497 e. The van der Waals surface area contributed by atoms with Gasteiger partial charge >= 0.3 is 6.03 Å². The summed E-state index contributed by atoms with van der Waals surface area (Å²) in [6.45, 7) is 7.42. The second-order valence-electron chi connectivity index (χ2n) is 6.82. The molecule has 0 bridgehead atoms. The normalized spacial score (nSPS) is 14.6. The summed E-state index contributed by atoms with van der Waals surface area (Å²) in [5.74, 6) is 3.13. The van der Waals surface area contributed by atoms with Crippen LogP contribution < -0.4 is 10.1 Å². The third-order valence-corrected chi connectivity index (χ3v) is 4.54. The van der Waals surface area contributed by atoms with Gasteiger partial charge in [0.2, 0.25) is 0 Å². The number of aryl methyl sites for hydroxylation is 2. The largest absolute Gasteiger partial charge is 0.497 e. The number of carbonyl (C=O) groups excluding carboxylic acids is 1. The molecule has 2 aromatic rings. The van der Waals surface area contributed by atoms with Crippen molar-refractivity contribution in [3.8, 4) is 5.75 Å². The fourth-order valence-electron chi connectivity index (χ4n) is 2.92. The Labute approximate surface area is 148 Å². The number of carbonyl (C=O) groups is 1. The fraction of sp³-hybridized carbons (Fsp3) is 0.500. The minimum atomic E-state index is -0.0873. The molecular formula is C18H25N5O2. The van der Waals surface area contributed by atoms with Crippen molar-refractivity contribution in [1.82, 2.24) is 19.7 Å². The highest BCUT2D eigenvalue weighted by molar-refractivity contribution is 5.90. The number of rotatable bonds is 4. The Kier molecular flexibility index (Phi) is 4.65. The molecule has 134 valence electrons. The van der Waals surface area contributed by atoms with Gasteiger partial charge in [0.05, 0.1) is 13.0 Å². The Bertz CT molecular complexity index is 778. The molecule has 0 spiro atoms. The summed E-state index contributed by atoms with van der Waals surface area (Å²) in [5.41, 5.74) is 1.77. The van der Waals surface area contributed by atoms with Gasteiger partial charge in [0, 0.05) is 31.7 Å². The van der Waals surface area contributed by atoms with Gasteiger partial charge in [0.15, 0.2) is 5.82 Å². The fourth-order valence-corrected chi connectivity index (χ4v) is 2.92. The molecule has 0 aliphatic carbocycles. The molecule has 1 aromatic heterocycles. The second kappa shape index (κ2) is 6.74. The smallest absolute Gasteiger partial charge is 0.321 e. The first kappa shape index (κ1) is 17.3. The van der Waals surface area contributed by atoms with Crippen molar-refractivity contribution >= 4 is 11.7 Å². The van der Waals surface area contributed by atoms with E-state index >= 15 is 0 Å². The molecule has 1 aliphatic heterocycles. The van der Waals surface area contributed by atoms with Crippen molar-refractivity contribution in [1.29, 1.82) is 0 Å². The third-order valence-electron chi connectivity index (χ3n) is 4.54. The molecule has 2 heterocycles. The third kappa shape index (κ3) is 3.45. The average molecular weight is 343 g/mol. The van der Waals surface area contributed by atoms with E-state index in [0.717, 1.165) is 28.6 Å². The van der Waals surface area contributed by atoms with Crippen LogP contribution in [0.1, 0.15) is 42.9 Å². The monoisotopic (exact) mass is 343 g/mol. The highest BCUT2D eigenvalue weighted by Gasteiger charge is 2.35. The van der Waals surface area contributed by atoms with E-state index in [-0.39, 0.29) is 11.9 Å². The molecule has 25 heavy (non-hydrogen) atoms. The number of hydrogen-bond acceptors (Lipinski definition) is 4. The Morgan fingerprint density at radius 1 is 1.36 bits per heavy atom. The number of hydrogen-bond donors (Lipinski definition) is 1. The summed E-state index contributed by atoms with van der Waals surface area (Å²) in [5, 5.41) is 7.42. The Balaban J connectivity index is 1.60. The molecule has 0 saturated carbocycles. The zero-order chi connectivity index (χ0) is 18.1. The molecule has 0 unspecified atom stereocenters. The molecule has 3 rings (SSSR count). The van der Waals surface area contributed by atoms with Crippen molar-refractivity contribution in [2.75, 3.05) is 25.5 Å². The summed E-state index contributed by atoms with van der Waals surface area (Å²) in [6, 6.07) is 5.52. The highest BCUT2D eigenvalue weighted by atomic mass is 16.5. The Morgan fingerprint density at radius 2 is 2.08 bits per heavy atom. The van der Waals surface area contributed by atoms with Gasteiger partial charge in [-0.3, -0.25) is 4.68 Å². The van der Waals surface area contributed by atoms with Gasteiger partial charge in [-0.15, -0.1) is 0 Å². The average Bonchev–Trinajstić information content (AvgIpc) is 2.90. The molecule has 1 fully saturated rings. The Morgan fingerprint density at radius 3 is 2.64 bits per heavy atom. The summed E-state index contributed by atoms with van der Waals surface area (Å²) >= 11 is 0. The van der Waals surface area contributed by atoms with Crippen LogP contribution in [0, 0.1) is 6.92 Å². The van der Waals surface area contributed by atoms with Gasteiger partial charge in [-0.1, -0.05) is 13.8 Å². The van der Waals surface area contributed by atoms with E-state index < -0.39 is 0 Å². The van der Waals surface area contributed by atoms with Gasteiger partial charge < -0.3 is 15.0 Å². The molecule has 1 aliphatic rings. The first-order chi connectivity index (χ1) is 11.9. The number of nitrogens with zero attached hydrogens (tertiary/aromatic N) is 4. The molecule has 7 nitrogen and oxygen atoms in total. The number of benzene rings is 1. The molecule has 1 aromatic carbocycles. The number of methoxy groups -OCH3 is 1. The van der Waals surface area contributed by atoms with Crippen LogP contribution in [0.15, 0.2) is 18.2 Å². The van der Waals surface area contributed by atoms with Gasteiger partial charge in [-0.05, 0) is 30.7 Å². The van der Waals surface area contributed by atoms with Crippen molar-refractivity contribution in [2.24, 2.45) is 7.05 Å². The lowest BCUT2D eigenvalue weighted by molar-refractivity contribution is 0.159. The highest BCUT2D eigenvalue weighted by Crippen LogP contribution is 2.28. The lowest BCUT2D eigenvalue weighted by Crippen LogP contribution is -2.51. The van der Waals surface area contributed by atoms with E-state index in [1.807, 2.05) is 36.9 Å². The summed E-state index contributed by atoms with van der Waals surface area (Å²) < 4.78 is 7.03. The molecular weight excluding hydrogens is 318 g/mol. The number of likely N-dealkylation sites (tertiary alicyclic amines) is 1. The van der Waals surface area contributed by atoms with Crippen LogP contribution in [0.4, 0.5) is 10.5 Å². The van der Waals surface area contributed by atoms with E-state index in [2.05, 4.69) is 29.2 Å². The predicted octanol–water partition coefficient (Wildman–Crippen LogP) is 2.89. The molecule has 0 atom stereocenters. The number of aromatic nitrogens is 3. The first-order valence-corrected chi connectivity index (χ1v) is 8.50. The topological polar surface area (TPSA) is 72.3 Å². The van der Waals surface area contributed by atoms with Gasteiger partial charge in [-0.25, -0.2) is 9.78 Å². The molecule has 0 radical (unpaired) electrons. The number of amides is 2. The zero-order valence-corrected chi connectivity index (χ0v) is 15.4. The van der Waals surface area contributed by atoms with Crippen LogP contribution >= 0.6 is 0 Å². The number of ether oxygens (including phenoxy) is 1. The maximum absolute atomic E-state index is 12.4. The van der Waals surface area contributed by atoms with Gasteiger partial charge in [-0.2, -0.15) is 5.10 Å². The summed E-state index contributed by atoms with van der Waals surface area (Å²) in [6.07, 6.45) is 0. The van der Waals surface area contributed by atoms with Crippen LogP contribution in [0.5, 0.6) is 5.75 Å². The van der Waals surface area contributed by atoms with Crippen molar-refractivity contribution in [2.45, 2.75) is 32.6 Å². The van der Waals surface area contributed by atoms with Crippen LogP contribution in [-0.2, 0) is 7.05 Å². The zero-order valence-electron chi connectivity index (χ0n) is 15.4. The van der Waals surface area contributed by atoms with E-state index in [9.17, 15) is 4.79 Å². The summed E-state index contributed by atoms with van der Waals surface area (Å²) in [7, 11) is 3.54. The maximum Gasteiger partial charge on any atom is 0.321 e. The molecule has 2 amide bonds. The van der Waals surface area contributed by atoms with Crippen LogP contribution in [-0.4, -0.2) is 45.9 Å². The number of urea groups is 1.